The van der Waals surface area contributed by atoms with Crippen molar-refractivity contribution in [3.8, 4) is 0 Å². The Morgan fingerprint density at radius 2 is 1.86 bits per heavy atom. The second-order valence-electron chi connectivity index (χ2n) is 4.94. The smallest absolute Gasteiger partial charge is 0.0571 e. The Hall–Kier alpha value is -0.0400. The van der Waals surface area contributed by atoms with Gasteiger partial charge in [-0.1, -0.05) is 39.5 Å². The number of hydrogen-bond donors (Lipinski definition) is 1. The topological polar surface area (TPSA) is 20.2 Å². The maximum absolute atomic E-state index is 9.97. The van der Waals surface area contributed by atoms with Crippen molar-refractivity contribution in [2.75, 3.05) is 0 Å². The normalized spacial score (nSPS) is 33.2. The van der Waals surface area contributed by atoms with E-state index in [2.05, 4.69) is 13.8 Å². The molecular weight excluding hydrogens is 172 g/mol. The van der Waals surface area contributed by atoms with E-state index in [1.165, 1.54) is 44.9 Å². The van der Waals surface area contributed by atoms with Crippen LogP contribution < -0.4 is 0 Å². The van der Waals surface area contributed by atoms with E-state index in [4.69, 9.17) is 0 Å². The number of aliphatic hydroxyl groups excluding tert-OH is 1. The lowest BCUT2D eigenvalue weighted by Crippen LogP contribution is -2.29. The molecule has 3 unspecified atom stereocenters. The maximum atomic E-state index is 9.97. The first kappa shape index (κ1) is 12.0. The zero-order valence-electron chi connectivity index (χ0n) is 9.84. The summed E-state index contributed by atoms with van der Waals surface area (Å²) in [6, 6.07) is 0. The van der Waals surface area contributed by atoms with Gasteiger partial charge in [0.2, 0.25) is 0 Å². The van der Waals surface area contributed by atoms with Crippen molar-refractivity contribution in [1.82, 2.24) is 0 Å². The fourth-order valence-electron chi connectivity index (χ4n) is 2.76. The molecule has 1 rings (SSSR count). The largest absolute Gasteiger partial charge is 0.393 e. The summed E-state index contributed by atoms with van der Waals surface area (Å²) in [4.78, 5) is 0. The Labute approximate surface area is 88.9 Å². The Balaban J connectivity index is 2.24. The molecular formula is C13H26O. The molecule has 1 heteroatoms. The van der Waals surface area contributed by atoms with E-state index in [-0.39, 0.29) is 6.10 Å². The van der Waals surface area contributed by atoms with Gasteiger partial charge in [-0.05, 0) is 37.5 Å². The first-order chi connectivity index (χ1) is 6.77. The van der Waals surface area contributed by atoms with E-state index in [9.17, 15) is 5.11 Å². The highest BCUT2D eigenvalue weighted by molar-refractivity contribution is 4.79. The summed E-state index contributed by atoms with van der Waals surface area (Å²) in [5.74, 6) is 1.43. The molecule has 0 heterocycles. The minimum absolute atomic E-state index is 0.00514. The van der Waals surface area contributed by atoms with Gasteiger partial charge in [0, 0.05) is 0 Å². The molecule has 0 radical (unpaired) electrons. The zero-order chi connectivity index (χ0) is 10.4. The molecule has 0 bridgehead atoms. The summed E-state index contributed by atoms with van der Waals surface area (Å²) < 4.78 is 0. The van der Waals surface area contributed by atoms with E-state index in [1.807, 2.05) is 0 Å². The van der Waals surface area contributed by atoms with Crippen LogP contribution in [0.1, 0.15) is 65.2 Å². The quantitative estimate of drug-likeness (QED) is 0.713. The van der Waals surface area contributed by atoms with Crippen LogP contribution in [0.5, 0.6) is 0 Å². The molecule has 84 valence electrons. The van der Waals surface area contributed by atoms with Crippen LogP contribution in [0.15, 0.2) is 0 Å². The predicted molar refractivity (Wildman–Crippen MR) is 61.3 cm³/mol. The van der Waals surface area contributed by atoms with Gasteiger partial charge >= 0.3 is 0 Å². The van der Waals surface area contributed by atoms with Crippen molar-refractivity contribution in [3.05, 3.63) is 0 Å². The van der Waals surface area contributed by atoms with E-state index in [1.54, 1.807) is 0 Å². The van der Waals surface area contributed by atoms with Gasteiger partial charge in [-0.15, -0.1) is 0 Å². The van der Waals surface area contributed by atoms with Crippen LogP contribution >= 0.6 is 0 Å². The summed E-state index contributed by atoms with van der Waals surface area (Å²) in [6.07, 6.45) is 10.1. The van der Waals surface area contributed by atoms with Gasteiger partial charge in [-0.2, -0.15) is 0 Å². The van der Waals surface area contributed by atoms with Gasteiger partial charge in [0.15, 0.2) is 0 Å². The molecule has 0 aromatic rings. The summed E-state index contributed by atoms with van der Waals surface area (Å²) in [5, 5.41) is 9.97. The maximum Gasteiger partial charge on any atom is 0.0571 e. The van der Waals surface area contributed by atoms with E-state index in [0.29, 0.717) is 5.92 Å². The molecule has 0 saturated heterocycles. The number of unbranched alkanes of at least 4 members (excludes halogenated alkanes) is 1. The molecule has 1 aliphatic carbocycles. The number of rotatable bonds is 5. The molecule has 14 heavy (non-hydrogen) atoms. The van der Waals surface area contributed by atoms with Crippen LogP contribution in [0.25, 0.3) is 0 Å². The lowest BCUT2D eigenvalue weighted by Gasteiger charge is -2.33. The summed E-state index contributed by atoms with van der Waals surface area (Å²) in [5.41, 5.74) is 0. The molecule has 1 saturated carbocycles. The average Bonchev–Trinajstić information content (AvgIpc) is 2.19. The van der Waals surface area contributed by atoms with Crippen LogP contribution in [0.2, 0.25) is 0 Å². The lowest BCUT2D eigenvalue weighted by molar-refractivity contribution is 0.0378. The van der Waals surface area contributed by atoms with E-state index < -0.39 is 0 Å². The first-order valence-corrected chi connectivity index (χ1v) is 6.46. The molecule has 1 nitrogen and oxygen atoms in total. The Morgan fingerprint density at radius 3 is 2.43 bits per heavy atom. The second-order valence-corrected chi connectivity index (χ2v) is 4.94. The molecule has 0 aromatic heterocycles. The molecule has 0 aromatic carbocycles. The summed E-state index contributed by atoms with van der Waals surface area (Å²) in [6.45, 7) is 4.47. The van der Waals surface area contributed by atoms with Crippen LogP contribution in [0.3, 0.4) is 0 Å². The first-order valence-electron chi connectivity index (χ1n) is 6.46. The molecule has 1 N–H and O–H groups in total. The third kappa shape index (κ3) is 3.61. The minimum atomic E-state index is 0.00514. The zero-order valence-corrected chi connectivity index (χ0v) is 9.84. The number of hydrogen-bond acceptors (Lipinski definition) is 1. The summed E-state index contributed by atoms with van der Waals surface area (Å²) >= 11 is 0. The molecule has 0 spiro atoms. The Morgan fingerprint density at radius 1 is 1.07 bits per heavy atom. The molecule has 1 fully saturated rings. The fourth-order valence-corrected chi connectivity index (χ4v) is 2.76. The third-order valence-electron chi connectivity index (χ3n) is 3.69. The van der Waals surface area contributed by atoms with Crippen LogP contribution in [-0.4, -0.2) is 11.2 Å². The van der Waals surface area contributed by atoms with Gasteiger partial charge in [-0.3, -0.25) is 0 Å². The average molecular weight is 198 g/mol. The van der Waals surface area contributed by atoms with Crippen LogP contribution in [0, 0.1) is 11.8 Å². The highest BCUT2D eigenvalue weighted by atomic mass is 16.3. The molecule has 1 aliphatic rings. The number of aliphatic hydroxyl groups is 1. The Bertz CT molecular complexity index is 144. The third-order valence-corrected chi connectivity index (χ3v) is 3.69. The molecule has 3 atom stereocenters. The van der Waals surface area contributed by atoms with E-state index >= 15 is 0 Å². The standard InChI is InChI=1S/C13H26O/c1-3-5-7-11-8-9-12(6-4-2)13(14)10-11/h11-14H,3-10H2,1-2H3. The van der Waals surface area contributed by atoms with Crippen LogP contribution in [-0.2, 0) is 0 Å². The SMILES string of the molecule is CCCCC1CCC(CCC)C(O)C1. The molecule has 0 aliphatic heterocycles. The highest BCUT2D eigenvalue weighted by Crippen LogP contribution is 2.34. The van der Waals surface area contributed by atoms with E-state index in [0.717, 1.165) is 12.3 Å². The predicted octanol–water partition coefficient (Wildman–Crippen LogP) is 3.75. The van der Waals surface area contributed by atoms with Crippen LogP contribution in [0.4, 0.5) is 0 Å². The van der Waals surface area contributed by atoms with Gasteiger partial charge in [0.1, 0.15) is 0 Å². The van der Waals surface area contributed by atoms with Crippen molar-refractivity contribution in [3.63, 3.8) is 0 Å². The Kier molecular flexibility index (Phi) is 5.54. The highest BCUT2D eigenvalue weighted by Gasteiger charge is 2.27. The van der Waals surface area contributed by atoms with Crippen molar-refractivity contribution < 1.29 is 5.11 Å². The van der Waals surface area contributed by atoms with Crippen molar-refractivity contribution in [1.29, 1.82) is 0 Å². The van der Waals surface area contributed by atoms with Crippen molar-refractivity contribution in [2.45, 2.75) is 71.3 Å². The minimum Gasteiger partial charge on any atom is -0.393 e. The lowest BCUT2D eigenvalue weighted by atomic mass is 9.76. The van der Waals surface area contributed by atoms with Gasteiger partial charge in [0.25, 0.3) is 0 Å². The molecule has 0 amide bonds. The van der Waals surface area contributed by atoms with Crippen molar-refractivity contribution >= 4 is 0 Å². The second kappa shape index (κ2) is 6.44. The fraction of sp³-hybridized carbons (Fsp3) is 1.00. The van der Waals surface area contributed by atoms with Crippen molar-refractivity contribution in [2.24, 2.45) is 11.8 Å². The monoisotopic (exact) mass is 198 g/mol. The van der Waals surface area contributed by atoms with Gasteiger partial charge in [0.05, 0.1) is 6.10 Å². The van der Waals surface area contributed by atoms with Gasteiger partial charge in [-0.25, -0.2) is 0 Å². The van der Waals surface area contributed by atoms with Gasteiger partial charge < -0.3 is 5.11 Å². The summed E-state index contributed by atoms with van der Waals surface area (Å²) in [7, 11) is 0.